The van der Waals surface area contributed by atoms with Gasteiger partial charge < -0.3 is 20.1 Å². The Bertz CT molecular complexity index is 1130. The second-order valence-corrected chi connectivity index (χ2v) is 10.5. The van der Waals surface area contributed by atoms with Gasteiger partial charge in [0.15, 0.2) is 0 Å². The summed E-state index contributed by atoms with van der Waals surface area (Å²) < 4.78 is 13.4. The van der Waals surface area contributed by atoms with Crippen LogP contribution in [0, 0.1) is 11.7 Å². The number of para-hydroxylation sites is 1. The van der Waals surface area contributed by atoms with E-state index < -0.39 is 5.54 Å². The lowest BCUT2D eigenvalue weighted by molar-refractivity contribution is -0.132. The molecule has 0 aliphatic rings. The van der Waals surface area contributed by atoms with Gasteiger partial charge in [-0.1, -0.05) is 44.2 Å². The van der Waals surface area contributed by atoms with Crippen molar-refractivity contribution in [2.24, 2.45) is 5.92 Å². The monoisotopic (exact) mass is 480 g/mol. The number of halogens is 1. The third-order valence-electron chi connectivity index (χ3n) is 5.65. The predicted octanol–water partition coefficient (Wildman–Crippen LogP) is 5.34. The molecule has 0 bridgehead atoms. The summed E-state index contributed by atoms with van der Waals surface area (Å²) in [6, 6.07) is 14.0. The minimum absolute atomic E-state index is 0.0187. The van der Waals surface area contributed by atoms with Crippen molar-refractivity contribution in [3.05, 3.63) is 71.7 Å². The molecule has 2 aromatic carbocycles. The molecule has 188 valence electrons. The van der Waals surface area contributed by atoms with Crippen LogP contribution in [0.3, 0.4) is 0 Å². The minimum atomic E-state index is -0.404. The summed E-state index contributed by atoms with van der Waals surface area (Å²) in [6.45, 7) is 11.1. The summed E-state index contributed by atoms with van der Waals surface area (Å²) in [4.78, 5) is 33.1. The van der Waals surface area contributed by atoms with Gasteiger partial charge in [-0.05, 0) is 62.4 Å². The van der Waals surface area contributed by atoms with Gasteiger partial charge in [0.05, 0.1) is 0 Å². The molecule has 0 saturated carbocycles. The highest BCUT2D eigenvalue weighted by Crippen LogP contribution is 2.19. The van der Waals surface area contributed by atoms with Crippen LogP contribution in [0.5, 0.6) is 0 Å². The van der Waals surface area contributed by atoms with E-state index >= 15 is 0 Å². The lowest BCUT2D eigenvalue weighted by Crippen LogP contribution is -2.52. The van der Waals surface area contributed by atoms with Gasteiger partial charge in [0.25, 0.3) is 0 Å². The number of hydrogen-bond acceptors (Lipinski definition) is 2. The molecule has 0 fully saturated rings. The Labute approximate surface area is 207 Å². The van der Waals surface area contributed by atoms with Crippen molar-refractivity contribution in [3.63, 3.8) is 0 Å². The number of benzene rings is 2. The summed E-state index contributed by atoms with van der Waals surface area (Å²) in [5.74, 6) is -0.239. The van der Waals surface area contributed by atoms with Gasteiger partial charge in [0.1, 0.15) is 12.4 Å². The molecule has 3 aromatic rings. The van der Waals surface area contributed by atoms with E-state index in [9.17, 15) is 14.0 Å². The minimum Gasteiger partial charge on any atom is -0.361 e. The Morgan fingerprint density at radius 2 is 1.71 bits per heavy atom. The van der Waals surface area contributed by atoms with E-state index in [4.69, 9.17) is 0 Å². The van der Waals surface area contributed by atoms with Gasteiger partial charge in [0, 0.05) is 42.3 Å². The normalized spacial score (nSPS) is 11.6. The average molecular weight is 481 g/mol. The summed E-state index contributed by atoms with van der Waals surface area (Å²) >= 11 is 0. The maximum absolute atomic E-state index is 13.5. The fraction of sp³-hybridized carbons (Fsp3) is 0.429. The number of amides is 3. The first-order valence-electron chi connectivity index (χ1n) is 12.2. The highest BCUT2D eigenvalue weighted by molar-refractivity contribution is 5.85. The molecule has 1 heterocycles. The zero-order valence-corrected chi connectivity index (χ0v) is 21.4. The van der Waals surface area contributed by atoms with Crippen LogP contribution in [0.15, 0.2) is 54.7 Å². The maximum Gasteiger partial charge on any atom is 0.318 e. The number of aromatic amines is 1. The van der Waals surface area contributed by atoms with Crippen LogP contribution in [0.2, 0.25) is 0 Å². The number of hydrogen-bond donors (Lipinski definition) is 2. The highest BCUT2D eigenvalue weighted by Gasteiger charge is 2.25. The van der Waals surface area contributed by atoms with Crippen LogP contribution in [-0.2, 0) is 17.8 Å². The van der Waals surface area contributed by atoms with Crippen LogP contribution >= 0.6 is 0 Å². The predicted molar refractivity (Wildman–Crippen MR) is 139 cm³/mol. The van der Waals surface area contributed by atoms with Gasteiger partial charge in [-0.15, -0.1) is 0 Å². The Morgan fingerprint density at radius 1 is 1.03 bits per heavy atom. The zero-order chi connectivity index (χ0) is 25.6. The quantitative estimate of drug-likeness (QED) is 0.434. The lowest BCUT2D eigenvalue weighted by atomic mass is 10.1. The van der Waals surface area contributed by atoms with E-state index in [1.807, 2.05) is 59.0 Å². The van der Waals surface area contributed by atoms with Crippen LogP contribution < -0.4 is 5.32 Å². The number of urea groups is 1. The summed E-state index contributed by atoms with van der Waals surface area (Å²) in [5, 5.41) is 4.10. The molecular formula is C28H37FN4O2. The number of aromatic nitrogens is 1. The average Bonchev–Trinajstić information content (AvgIpc) is 3.19. The Kier molecular flexibility index (Phi) is 8.54. The van der Waals surface area contributed by atoms with E-state index in [2.05, 4.69) is 16.4 Å². The molecule has 6 nitrogen and oxygen atoms in total. The van der Waals surface area contributed by atoms with Crippen molar-refractivity contribution < 1.29 is 14.0 Å². The molecule has 35 heavy (non-hydrogen) atoms. The number of fused-ring (bicyclic) bond motifs is 1. The number of carbonyl (C=O) groups is 2. The second kappa shape index (κ2) is 11.4. The van der Waals surface area contributed by atoms with Crippen molar-refractivity contribution in [2.45, 2.75) is 53.1 Å². The topological polar surface area (TPSA) is 68.4 Å². The first-order valence-corrected chi connectivity index (χ1v) is 12.2. The molecule has 7 heteroatoms. The van der Waals surface area contributed by atoms with E-state index in [0.29, 0.717) is 26.1 Å². The summed E-state index contributed by atoms with van der Waals surface area (Å²) in [7, 11) is 0. The number of nitrogens with zero attached hydrogens (tertiary/aromatic N) is 2. The van der Waals surface area contributed by atoms with Crippen molar-refractivity contribution in [1.29, 1.82) is 0 Å². The molecule has 0 radical (unpaired) electrons. The molecule has 0 spiro atoms. The van der Waals surface area contributed by atoms with Gasteiger partial charge in [-0.25, -0.2) is 9.18 Å². The molecule has 0 saturated heterocycles. The van der Waals surface area contributed by atoms with Gasteiger partial charge in [-0.3, -0.25) is 4.79 Å². The first-order chi connectivity index (χ1) is 16.5. The van der Waals surface area contributed by atoms with Crippen molar-refractivity contribution in [3.8, 4) is 0 Å². The van der Waals surface area contributed by atoms with Crippen LogP contribution in [0.1, 0.15) is 45.7 Å². The zero-order valence-electron chi connectivity index (χ0n) is 21.4. The molecule has 1 aromatic heterocycles. The molecule has 0 atom stereocenters. The maximum atomic E-state index is 13.5. The Morgan fingerprint density at radius 3 is 2.37 bits per heavy atom. The fourth-order valence-electron chi connectivity index (χ4n) is 4.02. The van der Waals surface area contributed by atoms with Gasteiger partial charge in [-0.2, -0.15) is 0 Å². The van der Waals surface area contributed by atoms with Crippen molar-refractivity contribution in [2.75, 3.05) is 19.6 Å². The highest BCUT2D eigenvalue weighted by atomic mass is 19.1. The third kappa shape index (κ3) is 7.84. The summed E-state index contributed by atoms with van der Waals surface area (Å²) in [6.07, 6.45) is 2.64. The summed E-state index contributed by atoms with van der Waals surface area (Å²) in [5.41, 5.74) is 2.62. The van der Waals surface area contributed by atoms with Crippen molar-refractivity contribution >= 4 is 22.8 Å². The van der Waals surface area contributed by atoms with Gasteiger partial charge in [0.2, 0.25) is 5.91 Å². The number of rotatable bonds is 9. The fourth-order valence-corrected chi connectivity index (χ4v) is 4.02. The molecule has 0 aliphatic carbocycles. The van der Waals surface area contributed by atoms with E-state index in [0.717, 1.165) is 22.0 Å². The molecular weight excluding hydrogens is 443 g/mol. The molecule has 3 amide bonds. The smallest absolute Gasteiger partial charge is 0.318 e. The van der Waals surface area contributed by atoms with Crippen LogP contribution in [0.25, 0.3) is 10.9 Å². The molecule has 3 rings (SSSR count). The second-order valence-electron chi connectivity index (χ2n) is 10.5. The SMILES string of the molecule is CC(C)CN(CC(=O)N(CCc1c[nH]c2ccccc12)Cc1ccc(F)cc1)C(=O)NC(C)(C)C. The van der Waals surface area contributed by atoms with Gasteiger partial charge >= 0.3 is 6.03 Å². The third-order valence-corrected chi connectivity index (χ3v) is 5.65. The van der Waals surface area contributed by atoms with E-state index in [-0.39, 0.29) is 30.2 Å². The number of nitrogens with one attached hydrogen (secondary N) is 2. The Hall–Kier alpha value is -3.35. The number of H-pyrrole nitrogens is 1. The Balaban J connectivity index is 1.79. The lowest BCUT2D eigenvalue weighted by Gasteiger charge is -2.31. The standard InChI is InChI=1S/C28H37FN4O2/c1-20(2)17-33(27(35)31-28(3,4)5)19-26(34)32(18-21-10-12-23(29)13-11-21)15-14-22-16-30-25-9-7-6-8-24(22)25/h6-13,16,20,30H,14-15,17-19H2,1-5H3,(H,31,35). The first kappa shape index (κ1) is 26.3. The molecule has 0 unspecified atom stereocenters. The van der Waals surface area contributed by atoms with Crippen LogP contribution in [-0.4, -0.2) is 51.9 Å². The van der Waals surface area contributed by atoms with Crippen molar-refractivity contribution in [1.82, 2.24) is 20.1 Å². The van der Waals surface area contributed by atoms with E-state index in [1.165, 1.54) is 12.1 Å². The largest absolute Gasteiger partial charge is 0.361 e. The number of carbonyl (C=O) groups excluding carboxylic acids is 2. The van der Waals surface area contributed by atoms with Crippen LogP contribution in [0.4, 0.5) is 9.18 Å². The molecule has 0 aliphatic heterocycles. The molecule has 2 N–H and O–H groups in total. The van der Waals surface area contributed by atoms with E-state index in [1.54, 1.807) is 21.9 Å².